The molecule has 0 aromatic carbocycles. The number of likely N-dealkylation sites (tertiary alicyclic amines) is 1. The van der Waals surface area contributed by atoms with Crippen LogP contribution < -0.4 is 10.2 Å². The highest BCUT2D eigenvalue weighted by molar-refractivity contribution is 6.06. The van der Waals surface area contributed by atoms with Gasteiger partial charge >= 0.3 is 12.1 Å². The summed E-state index contributed by atoms with van der Waals surface area (Å²) in [6.45, 7) is 7.60. The first-order valence-electron chi connectivity index (χ1n) is 13.2. The van der Waals surface area contributed by atoms with E-state index in [-0.39, 0.29) is 23.4 Å². The zero-order valence-electron chi connectivity index (χ0n) is 21.4. The average molecular weight is 494 g/mol. The monoisotopic (exact) mass is 493 g/mol. The lowest BCUT2D eigenvalue weighted by molar-refractivity contribution is -0.120. The standard InChI is InChI=1S/C27H35N5O4/c1-26(2,3)36-25(35)30-10-7-27(8-11-30)13-19(14-27)32-16-21(17-4-5-17)20-12-18(15-28-23(20)32)31-9-6-22(33)29-24(31)34/h12,15-17,19H,4-11,13-14H2,1-3H3,(H,29,33,34). The second-order valence-electron chi connectivity index (χ2n) is 12.1. The molecule has 2 aliphatic heterocycles. The average Bonchev–Trinajstić information content (AvgIpc) is 3.57. The number of nitrogens with zero attached hydrogens (tertiary/aromatic N) is 4. The van der Waals surface area contributed by atoms with Crippen molar-refractivity contribution < 1.29 is 19.1 Å². The number of piperidine rings is 1. The van der Waals surface area contributed by atoms with E-state index in [1.165, 1.54) is 18.4 Å². The fourth-order valence-corrected chi connectivity index (χ4v) is 6.14. The molecular weight excluding hydrogens is 458 g/mol. The summed E-state index contributed by atoms with van der Waals surface area (Å²) in [5.74, 6) is 0.333. The summed E-state index contributed by atoms with van der Waals surface area (Å²) in [5, 5.41) is 3.53. The van der Waals surface area contributed by atoms with Gasteiger partial charge < -0.3 is 14.2 Å². The van der Waals surface area contributed by atoms with Crippen molar-refractivity contribution in [3.63, 3.8) is 0 Å². The van der Waals surface area contributed by atoms with Crippen LogP contribution in [0.4, 0.5) is 15.3 Å². The van der Waals surface area contributed by atoms with Crippen molar-refractivity contribution in [3.8, 4) is 0 Å². The number of carbonyl (C=O) groups excluding carboxylic acids is 3. The van der Waals surface area contributed by atoms with Gasteiger partial charge in [-0.05, 0) is 82.3 Å². The summed E-state index contributed by atoms with van der Waals surface area (Å²) in [4.78, 5) is 44.7. The number of anilines is 1. The molecule has 4 amide bonds. The van der Waals surface area contributed by atoms with Crippen molar-refractivity contribution in [2.45, 2.75) is 83.3 Å². The number of hydrogen-bond donors (Lipinski definition) is 1. The second kappa shape index (κ2) is 8.21. The van der Waals surface area contributed by atoms with Crippen molar-refractivity contribution in [2.24, 2.45) is 5.41 Å². The van der Waals surface area contributed by atoms with Crippen LogP contribution in [-0.2, 0) is 9.53 Å². The molecule has 36 heavy (non-hydrogen) atoms. The van der Waals surface area contributed by atoms with Gasteiger partial charge in [-0.2, -0.15) is 0 Å². The molecule has 4 heterocycles. The van der Waals surface area contributed by atoms with Crippen molar-refractivity contribution in [2.75, 3.05) is 24.5 Å². The molecule has 4 fully saturated rings. The first kappa shape index (κ1) is 23.3. The lowest BCUT2D eigenvalue weighted by atomic mass is 9.60. The molecule has 9 nitrogen and oxygen atoms in total. The summed E-state index contributed by atoms with van der Waals surface area (Å²) in [6.07, 6.45) is 10.8. The van der Waals surface area contributed by atoms with E-state index in [1.807, 2.05) is 25.7 Å². The predicted octanol–water partition coefficient (Wildman–Crippen LogP) is 4.71. The minimum absolute atomic E-state index is 0.203. The molecule has 2 saturated heterocycles. The number of hydrogen-bond acceptors (Lipinski definition) is 5. The van der Waals surface area contributed by atoms with Crippen molar-refractivity contribution >= 4 is 34.8 Å². The molecule has 1 N–H and O–H groups in total. The van der Waals surface area contributed by atoms with Gasteiger partial charge in [-0.1, -0.05) is 0 Å². The Bertz CT molecular complexity index is 1220. The fourth-order valence-electron chi connectivity index (χ4n) is 6.14. The van der Waals surface area contributed by atoms with Gasteiger partial charge in [0.2, 0.25) is 5.91 Å². The van der Waals surface area contributed by atoms with Gasteiger partial charge in [-0.25, -0.2) is 14.6 Å². The summed E-state index contributed by atoms with van der Waals surface area (Å²) >= 11 is 0. The molecule has 6 rings (SSSR count). The minimum Gasteiger partial charge on any atom is -0.444 e. The van der Waals surface area contributed by atoms with Crippen molar-refractivity contribution in [3.05, 3.63) is 24.0 Å². The highest BCUT2D eigenvalue weighted by atomic mass is 16.6. The first-order valence-corrected chi connectivity index (χ1v) is 13.2. The number of urea groups is 1. The summed E-state index contributed by atoms with van der Waals surface area (Å²) in [5.41, 5.74) is 2.88. The zero-order valence-corrected chi connectivity index (χ0v) is 21.4. The SMILES string of the molecule is CC(C)(C)OC(=O)N1CCC2(CC1)CC(n1cc(C3CC3)c3cc(N4CCC(=O)NC4=O)cnc31)C2. The van der Waals surface area contributed by atoms with Gasteiger partial charge in [0.05, 0.1) is 11.9 Å². The number of imide groups is 1. The van der Waals surface area contributed by atoms with E-state index in [1.54, 1.807) is 11.1 Å². The number of carbonyl (C=O) groups is 3. The number of nitrogens with one attached hydrogen (secondary N) is 1. The Morgan fingerprint density at radius 1 is 1.14 bits per heavy atom. The quantitative estimate of drug-likeness (QED) is 0.668. The Labute approximate surface area is 211 Å². The first-order chi connectivity index (χ1) is 17.1. The number of aromatic nitrogens is 2. The molecule has 0 atom stereocenters. The largest absolute Gasteiger partial charge is 0.444 e. The molecule has 0 bridgehead atoms. The van der Waals surface area contributed by atoms with Crippen LogP contribution in [0.1, 0.15) is 83.2 Å². The van der Waals surface area contributed by atoms with E-state index in [0.717, 1.165) is 55.5 Å². The van der Waals surface area contributed by atoms with E-state index < -0.39 is 5.60 Å². The smallest absolute Gasteiger partial charge is 0.410 e. The van der Waals surface area contributed by atoms with E-state index in [2.05, 4.69) is 22.1 Å². The van der Waals surface area contributed by atoms with Crippen LogP contribution in [0.2, 0.25) is 0 Å². The summed E-state index contributed by atoms with van der Waals surface area (Å²) in [6, 6.07) is 2.11. The number of pyridine rings is 1. The van der Waals surface area contributed by atoms with Gasteiger partial charge in [-0.15, -0.1) is 0 Å². The summed E-state index contributed by atoms with van der Waals surface area (Å²) < 4.78 is 7.92. The van der Waals surface area contributed by atoms with Gasteiger partial charge in [0.25, 0.3) is 0 Å². The maximum Gasteiger partial charge on any atom is 0.410 e. The van der Waals surface area contributed by atoms with Crippen molar-refractivity contribution in [1.82, 2.24) is 19.8 Å². The van der Waals surface area contributed by atoms with Crippen LogP contribution in [0.25, 0.3) is 11.0 Å². The van der Waals surface area contributed by atoms with Crippen LogP contribution in [0.5, 0.6) is 0 Å². The van der Waals surface area contributed by atoms with E-state index in [9.17, 15) is 14.4 Å². The minimum atomic E-state index is -0.468. The van der Waals surface area contributed by atoms with E-state index in [4.69, 9.17) is 9.72 Å². The number of ether oxygens (including phenoxy) is 1. The molecule has 1 spiro atoms. The third-order valence-corrected chi connectivity index (χ3v) is 8.28. The fraction of sp³-hybridized carbons (Fsp3) is 0.630. The lowest BCUT2D eigenvalue weighted by Crippen LogP contribution is -2.50. The van der Waals surface area contributed by atoms with Crippen LogP contribution in [-0.4, -0.2) is 57.7 Å². The number of fused-ring (bicyclic) bond motifs is 1. The summed E-state index contributed by atoms with van der Waals surface area (Å²) in [7, 11) is 0. The Balaban J connectivity index is 1.18. The van der Waals surface area contributed by atoms with E-state index in [0.29, 0.717) is 24.9 Å². The normalized spacial score (nSPS) is 22.6. The van der Waals surface area contributed by atoms with Gasteiger partial charge in [0.15, 0.2) is 0 Å². The van der Waals surface area contributed by atoms with Gasteiger partial charge in [0.1, 0.15) is 11.2 Å². The Kier molecular flexibility index (Phi) is 5.32. The highest BCUT2D eigenvalue weighted by Gasteiger charge is 2.48. The highest BCUT2D eigenvalue weighted by Crippen LogP contribution is 2.56. The van der Waals surface area contributed by atoms with Gasteiger partial charge in [0, 0.05) is 43.7 Å². The topological polar surface area (TPSA) is 96.8 Å². The molecule has 2 aromatic heterocycles. The number of amides is 4. The maximum atomic E-state index is 12.5. The zero-order chi connectivity index (χ0) is 25.2. The van der Waals surface area contributed by atoms with Crippen LogP contribution >= 0.6 is 0 Å². The lowest BCUT2D eigenvalue weighted by Gasteiger charge is -2.52. The number of rotatable bonds is 3. The van der Waals surface area contributed by atoms with Crippen LogP contribution in [0, 0.1) is 5.41 Å². The molecule has 2 aromatic rings. The molecule has 2 aliphatic carbocycles. The third-order valence-electron chi connectivity index (χ3n) is 8.28. The Morgan fingerprint density at radius 3 is 2.50 bits per heavy atom. The molecule has 9 heteroatoms. The predicted molar refractivity (Wildman–Crippen MR) is 135 cm³/mol. The molecule has 0 radical (unpaired) electrons. The molecule has 192 valence electrons. The maximum absolute atomic E-state index is 12.5. The van der Waals surface area contributed by atoms with Crippen molar-refractivity contribution in [1.29, 1.82) is 0 Å². The van der Waals surface area contributed by atoms with Gasteiger partial charge in [-0.3, -0.25) is 15.0 Å². The molecular formula is C27H35N5O4. The Hall–Kier alpha value is -3.10. The van der Waals surface area contributed by atoms with Crippen LogP contribution in [0.3, 0.4) is 0 Å². The second-order valence-corrected chi connectivity index (χ2v) is 12.1. The third kappa shape index (κ3) is 4.22. The van der Waals surface area contributed by atoms with Crippen LogP contribution in [0.15, 0.2) is 18.5 Å². The molecule has 4 aliphatic rings. The Morgan fingerprint density at radius 2 is 1.86 bits per heavy atom. The molecule has 0 unspecified atom stereocenters. The molecule has 2 saturated carbocycles. The van der Waals surface area contributed by atoms with E-state index >= 15 is 0 Å².